The number of aromatic nitrogens is 2. The van der Waals surface area contributed by atoms with E-state index < -0.39 is 0 Å². The first kappa shape index (κ1) is 14.5. The molecule has 1 aliphatic rings. The van der Waals surface area contributed by atoms with Crippen molar-refractivity contribution in [3.05, 3.63) is 18.0 Å². The highest BCUT2D eigenvalue weighted by Gasteiger charge is 2.39. The molecule has 0 aromatic carbocycles. The Balaban J connectivity index is 2.26. The van der Waals surface area contributed by atoms with E-state index in [1.807, 2.05) is 16.9 Å². The molecule has 19 heavy (non-hydrogen) atoms. The molecule has 2 N–H and O–H groups in total. The van der Waals surface area contributed by atoms with E-state index in [0.717, 1.165) is 31.7 Å². The summed E-state index contributed by atoms with van der Waals surface area (Å²) in [5.74, 6) is 0. The molecule has 108 valence electrons. The van der Waals surface area contributed by atoms with Gasteiger partial charge in [0.1, 0.15) is 0 Å². The lowest BCUT2D eigenvalue weighted by Crippen LogP contribution is -2.44. The molecule has 1 aromatic heterocycles. The van der Waals surface area contributed by atoms with Crippen LogP contribution in [0, 0.1) is 0 Å². The number of nitrogens with zero attached hydrogens (tertiary/aromatic N) is 2. The molecular weight excluding hydrogens is 238 g/mol. The molecule has 1 aromatic rings. The molecule has 1 aliphatic carbocycles. The van der Waals surface area contributed by atoms with E-state index in [0.29, 0.717) is 0 Å². The second kappa shape index (κ2) is 6.53. The molecule has 2 rings (SSSR count). The van der Waals surface area contributed by atoms with Crippen molar-refractivity contribution in [3.63, 3.8) is 0 Å². The molecule has 4 heteroatoms. The van der Waals surface area contributed by atoms with Crippen LogP contribution in [0.3, 0.4) is 0 Å². The first-order chi connectivity index (χ1) is 9.23. The van der Waals surface area contributed by atoms with Crippen LogP contribution in [0.2, 0.25) is 0 Å². The molecule has 4 nitrogen and oxygen atoms in total. The van der Waals surface area contributed by atoms with Crippen molar-refractivity contribution < 1.29 is 4.74 Å². The van der Waals surface area contributed by atoms with Crippen LogP contribution in [0.25, 0.3) is 0 Å². The summed E-state index contributed by atoms with van der Waals surface area (Å²) in [6.45, 7) is 5.76. The maximum absolute atomic E-state index is 6.60. The Kier molecular flexibility index (Phi) is 4.99. The zero-order chi connectivity index (χ0) is 13.7. The average molecular weight is 265 g/mol. The maximum Gasteiger partial charge on any atom is 0.0889 e. The Hall–Kier alpha value is -0.870. The van der Waals surface area contributed by atoms with E-state index in [9.17, 15) is 0 Å². The minimum Gasteiger partial charge on any atom is -0.373 e. The molecule has 0 amide bonds. The minimum absolute atomic E-state index is 0.0759. The Morgan fingerprint density at radius 1 is 1.32 bits per heavy atom. The van der Waals surface area contributed by atoms with Gasteiger partial charge in [-0.05, 0) is 32.8 Å². The van der Waals surface area contributed by atoms with Crippen LogP contribution < -0.4 is 5.73 Å². The second-order valence-electron chi connectivity index (χ2n) is 5.46. The fourth-order valence-corrected chi connectivity index (χ4v) is 3.30. The lowest BCUT2D eigenvalue weighted by atomic mass is 9.84. The van der Waals surface area contributed by atoms with Crippen molar-refractivity contribution in [2.45, 2.75) is 70.6 Å². The fraction of sp³-hybridized carbons (Fsp3) is 0.800. The van der Waals surface area contributed by atoms with Gasteiger partial charge in [0.05, 0.1) is 17.3 Å². The third-order valence-corrected chi connectivity index (χ3v) is 4.32. The first-order valence-corrected chi connectivity index (χ1v) is 7.64. The van der Waals surface area contributed by atoms with Gasteiger partial charge in [-0.25, -0.2) is 0 Å². The highest BCUT2D eigenvalue weighted by molar-refractivity contribution is 5.13. The zero-order valence-electron chi connectivity index (χ0n) is 12.3. The SMILES string of the molecule is CCOC1(C(N)c2ccnn2CC)CCCCCC1. The predicted molar refractivity (Wildman–Crippen MR) is 76.9 cm³/mol. The molecule has 0 spiro atoms. The number of rotatable bonds is 5. The second-order valence-corrected chi connectivity index (χ2v) is 5.46. The first-order valence-electron chi connectivity index (χ1n) is 7.64. The third-order valence-electron chi connectivity index (χ3n) is 4.32. The monoisotopic (exact) mass is 265 g/mol. The van der Waals surface area contributed by atoms with E-state index in [1.54, 1.807) is 0 Å². The van der Waals surface area contributed by atoms with Gasteiger partial charge in [-0.1, -0.05) is 25.7 Å². The number of nitrogens with two attached hydrogens (primary N) is 1. The van der Waals surface area contributed by atoms with Crippen LogP contribution in [-0.2, 0) is 11.3 Å². The van der Waals surface area contributed by atoms with Gasteiger partial charge in [-0.15, -0.1) is 0 Å². The van der Waals surface area contributed by atoms with Crippen molar-refractivity contribution in [3.8, 4) is 0 Å². The van der Waals surface area contributed by atoms with E-state index in [-0.39, 0.29) is 11.6 Å². The van der Waals surface area contributed by atoms with Gasteiger partial charge >= 0.3 is 0 Å². The summed E-state index contributed by atoms with van der Waals surface area (Å²) < 4.78 is 8.17. The standard InChI is InChI=1S/C15H27N3O/c1-3-18-13(9-12-17-18)14(16)15(19-4-2)10-7-5-6-8-11-15/h9,12,14H,3-8,10-11,16H2,1-2H3. The molecule has 0 saturated heterocycles. The summed E-state index contributed by atoms with van der Waals surface area (Å²) in [6.07, 6.45) is 9.01. The summed E-state index contributed by atoms with van der Waals surface area (Å²) >= 11 is 0. The lowest BCUT2D eigenvalue weighted by molar-refractivity contribution is -0.0711. The third kappa shape index (κ3) is 3.00. The Morgan fingerprint density at radius 2 is 2.00 bits per heavy atom. The molecule has 1 heterocycles. The number of aryl methyl sites for hydroxylation is 1. The van der Waals surface area contributed by atoms with Crippen molar-refractivity contribution >= 4 is 0 Å². The van der Waals surface area contributed by atoms with E-state index in [4.69, 9.17) is 10.5 Å². The number of hydrogen-bond donors (Lipinski definition) is 1. The van der Waals surface area contributed by atoms with Crippen molar-refractivity contribution in [1.82, 2.24) is 9.78 Å². The highest BCUT2D eigenvalue weighted by atomic mass is 16.5. The van der Waals surface area contributed by atoms with Crippen molar-refractivity contribution in [2.24, 2.45) is 5.73 Å². The highest BCUT2D eigenvalue weighted by Crippen LogP contribution is 2.39. The fourth-order valence-electron chi connectivity index (χ4n) is 3.30. The molecule has 1 saturated carbocycles. The number of hydrogen-bond acceptors (Lipinski definition) is 3. The van der Waals surface area contributed by atoms with Crippen LogP contribution in [0.4, 0.5) is 0 Å². The minimum atomic E-state index is -0.196. The molecular formula is C15H27N3O. The van der Waals surface area contributed by atoms with Crippen LogP contribution in [-0.4, -0.2) is 22.0 Å². The average Bonchev–Trinajstić information content (AvgIpc) is 2.77. The molecule has 0 radical (unpaired) electrons. The molecule has 1 unspecified atom stereocenters. The van der Waals surface area contributed by atoms with Gasteiger partial charge < -0.3 is 10.5 Å². The van der Waals surface area contributed by atoms with Crippen LogP contribution in [0.15, 0.2) is 12.3 Å². The molecule has 0 bridgehead atoms. The summed E-state index contributed by atoms with van der Waals surface area (Å²) in [7, 11) is 0. The Morgan fingerprint density at radius 3 is 2.58 bits per heavy atom. The van der Waals surface area contributed by atoms with Crippen LogP contribution in [0.1, 0.15) is 64.1 Å². The summed E-state index contributed by atoms with van der Waals surface area (Å²) in [5.41, 5.74) is 7.51. The maximum atomic E-state index is 6.60. The zero-order valence-corrected chi connectivity index (χ0v) is 12.3. The van der Waals surface area contributed by atoms with E-state index in [2.05, 4.69) is 18.9 Å². The largest absolute Gasteiger partial charge is 0.373 e. The van der Waals surface area contributed by atoms with E-state index in [1.165, 1.54) is 25.7 Å². The smallest absolute Gasteiger partial charge is 0.0889 e. The molecule has 0 aliphatic heterocycles. The summed E-state index contributed by atoms with van der Waals surface area (Å²) in [4.78, 5) is 0. The van der Waals surface area contributed by atoms with Crippen LogP contribution >= 0.6 is 0 Å². The van der Waals surface area contributed by atoms with E-state index >= 15 is 0 Å². The predicted octanol–water partition coefficient (Wildman–Crippen LogP) is 3.03. The van der Waals surface area contributed by atoms with Crippen LogP contribution in [0.5, 0.6) is 0 Å². The van der Waals surface area contributed by atoms with Gasteiger partial charge in [0.15, 0.2) is 0 Å². The number of ether oxygens (including phenoxy) is 1. The summed E-state index contributed by atoms with van der Waals surface area (Å²) in [5, 5.41) is 4.35. The molecule has 1 atom stereocenters. The topological polar surface area (TPSA) is 53.1 Å². The van der Waals surface area contributed by atoms with Crippen molar-refractivity contribution in [2.75, 3.05) is 6.61 Å². The molecule has 1 fully saturated rings. The van der Waals surface area contributed by atoms with Crippen molar-refractivity contribution in [1.29, 1.82) is 0 Å². The van der Waals surface area contributed by atoms with Gasteiger partial charge in [0, 0.05) is 19.3 Å². The quantitative estimate of drug-likeness (QED) is 0.833. The summed E-state index contributed by atoms with van der Waals surface area (Å²) in [6, 6.07) is 1.97. The Bertz CT molecular complexity index is 380. The lowest BCUT2D eigenvalue weighted by Gasteiger charge is -2.38. The van der Waals surface area contributed by atoms with Gasteiger partial charge in [-0.2, -0.15) is 5.10 Å². The Labute approximate surface area is 116 Å². The normalized spacial score (nSPS) is 21.0. The van der Waals surface area contributed by atoms with Gasteiger partial charge in [0.25, 0.3) is 0 Å². The van der Waals surface area contributed by atoms with Gasteiger partial charge in [-0.3, -0.25) is 4.68 Å². The van der Waals surface area contributed by atoms with Gasteiger partial charge in [0.2, 0.25) is 0 Å².